The molecule has 0 spiro atoms. The van der Waals surface area contributed by atoms with E-state index in [4.69, 9.17) is 0 Å². The summed E-state index contributed by atoms with van der Waals surface area (Å²) in [6, 6.07) is 22.5. The highest BCUT2D eigenvalue weighted by Gasteiger charge is 2.32. The van der Waals surface area contributed by atoms with Gasteiger partial charge in [0.1, 0.15) is 0 Å². The Morgan fingerprint density at radius 2 is 0.905 bits per heavy atom. The lowest BCUT2D eigenvalue weighted by molar-refractivity contribution is 0.0208. The second-order valence-corrected chi connectivity index (χ2v) is 13.2. The lowest BCUT2D eigenvalue weighted by atomic mass is 9.88. The second kappa shape index (κ2) is 21.1. The van der Waals surface area contributed by atoms with Crippen molar-refractivity contribution in [2.24, 2.45) is 0 Å². The van der Waals surface area contributed by atoms with Crippen LogP contribution in [0.15, 0.2) is 60.7 Å². The third-order valence-corrected chi connectivity index (χ3v) is 9.51. The van der Waals surface area contributed by atoms with Crippen molar-refractivity contribution in [3.05, 3.63) is 71.8 Å². The van der Waals surface area contributed by atoms with Crippen LogP contribution in [0.25, 0.3) is 0 Å². The topological polar surface area (TPSA) is 46.9 Å². The quantitative estimate of drug-likeness (QED) is 0.139. The van der Waals surface area contributed by atoms with E-state index in [0.29, 0.717) is 12.1 Å². The van der Waals surface area contributed by atoms with Gasteiger partial charge < -0.3 is 10.2 Å². The number of unbranched alkanes of at least 4 members (excludes halogenated alkanes) is 8. The van der Waals surface area contributed by atoms with Crippen LogP contribution in [0, 0.1) is 0 Å². The fourth-order valence-corrected chi connectivity index (χ4v) is 7.01. The number of aryl methyl sites for hydroxylation is 2. The zero-order valence-electron chi connectivity index (χ0n) is 27.0. The van der Waals surface area contributed by atoms with Crippen LogP contribution in [0.4, 0.5) is 0 Å². The maximum Gasteiger partial charge on any atom is 0.0667 e. The fourth-order valence-electron chi connectivity index (χ4n) is 7.01. The monoisotopic (exact) mass is 578 g/mol. The Balaban J connectivity index is 1.24. The molecule has 4 nitrogen and oxygen atoms in total. The van der Waals surface area contributed by atoms with Gasteiger partial charge in [-0.15, -0.1) is 0 Å². The highest BCUT2D eigenvalue weighted by molar-refractivity contribution is 5.15. The Morgan fingerprint density at radius 1 is 0.548 bits per heavy atom. The van der Waals surface area contributed by atoms with Crippen molar-refractivity contribution in [3.63, 3.8) is 0 Å². The standard InChI is InChI=1S/C38H62N2O2/c1-39(31-35(41)27-17-7-3-5-11-21-33-23-13-9-14-24-33)37-29-19-20-30-38(37)40(2)32-36(42)28-18-8-4-6-12-22-34-25-15-10-16-26-34/h9-10,13-16,23-26,35-38,41-42H,3-8,11-12,17-22,27-32H2,1-2H3/t35-,36-,37+,38+/m1/s1. The van der Waals surface area contributed by atoms with Gasteiger partial charge in [0.15, 0.2) is 0 Å². The molecule has 0 radical (unpaired) electrons. The second-order valence-electron chi connectivity index (χ2n) is 13.2. The van der Waals surface area contributed by atoms with Gasteiger partial charge >= 0.3 is 0 Å². The number of benzene rings is 2. The Labute approximate surface area is 258 Å². The first kappa shape index (κ1) is 34.8. The molecule has 2 N–H and O–H groups in total. The highest BCUT2D eigenvalue weighted by Crippen LogP contribution is 2.27. The van der Waals surface area contributed by atoms with Crippen molar-refractivity contribution in [3.8, 4) is 0 Å². The molecule has 0 bridgehead atoms. The van der Waals surface area contributed by atoms with E-state index >= 15 is 0 Å². The molecule has 2 aromatic rings. The van der Waals surface area contributed by atoms with E-state index < -0.39 is 0 Å². The van der Waals surface area contributed by atoms with Gasteiger partial charge in [-0.1, -0.05) is 125 Å². The van der Waals surface area contributed by atoms with Gasteiger partial charge in [-0.25, -0.2) is 0 Å². The van der Waals surface area contributed by atoms with E-state index in [-0.39, 0.29) is 12.2 Å². The fraction of sp³-hybridized carbons (Fsp3) is 0.684. The third-order valence-electron chi connectivity index (χ3n) is 9.51. The average molecular weight is 579 g/mol. The van der Waals surface area contributed by atoms with E-state index in [2.05, 4.69) is 84.6 Å². The summed E-state index contributed by atoms with van der Waals surface area (Å²) in [4.78, 5) is 4.85. The maximum atomic E-state index is 10.8. The summed E-state index contributed by atoms with van der Waals surface area (Å²) < 4.78 is 0. The predicted octanol–water partition coefficient (Wildman–Crippen LogP) is 8.05. The van der Waals surface area contributed by atoms with Gasteiger partial charge in [0.25, 0.3) is 0 Å². The lowest BCUT2D eigenvalue weighted by Gasteiger charge is -2.43. The minimum absolute atomic E-state index is 0.245. The Kier molecular flexibility index (Phi) is 17.4. The Morgan fingerprint density at radius 3 is 1.31 bits per heavy atom. The molecule has 0 unspecified atom stereocenters. The summed E-state index contributed by atoms with van der Waals surface area (Å²) in [5.41, 5.74) is 2.88. The summed E-state index contributed by atoms with van der Waals surface area (Å²) in [5, 5.41) is 21.6. The van der Waals surface area contributed by atoms with Gasteiger partial charge in [0, 0.05) is 25.2 Å². The molecule has 1 saturated carbocycles. The van der Waals surface area contributed by atoms with Crippen LogP contribution in [0.3, 0.4) is 0 Å². The number of aliphatic hydroxyl groups excluding tert-OH is 2. The van der Waals surface area contributed by atoms with Crippen molar-refractivity contribution in [2.75, 3.05) is 27.2 Å². The van der Waals surface area contributed by atoms with Crippen molar-refractivity contribution < 1.29 is 10.2 Å². The number of aliphatic hydroxyl groups is 2. The Hall–Kier alpha value is -1.72. The van der Waals surface area contributed by atoms with Gasteiger partial charge in [-0.05, 0) is 76.6 Å². The van der Waals surface area contributed by atoms with Crippen LogP contribution in [0.2, 0.25) is 0 Å². The smallest absolute Gasteiger partial charge is 0.0667 e. The number of hydrogen-bond donors (Lipinski definition) is 2. The maximum absolute atomic E-state index is 10.8. The van der Waals surface area contributed by atoms with Crippen LogP contribution in [0.5, 0.6) is 0 Å². The van der Waals surface area contributed by atoms with Gasteiger partial charge in [0.05, 0.1) is 12.2 Å². The van der Waals surface area contributed by atoms with Crippen LogP contribution in [-0.4, -0.2) is 71.5 Å². The first-order valence-electron chi connectivity index (χ1n) is 17.4. The molecule has 1 fully saturated rings. The molecular formula is C38H62N2O2. The molecule has 2 aromatic carbocycles. The molecule has 0 aromatic heterocycles. The van der Waals surface area contributed by atoms with Crippen LogP contribution in [0.1, 0.15) is 114 Å². The van der Waals surface area contributed by atoms with Crippen LogP contribution >= 0.6 is 0 Å². The summed E-state index contributed by atoms with van der Waals surface area (Å²) in [5.74, 6) is 0. The molecule has 4 atom stereocenters. The molecule has 236 valence electrons. The Bertz CT molecular complexity index is 832. The molecule has 0 heterocycles. The molecule has 1 aliphatic carbocycles. The van der Waals surface area contributed by atoms with Gasteiger partial charge in [-0.3, -0.25) is 9.80 Å². The van der Waals surface area contributed by atoms with Crippen molar-refractivity contribution in [2.45, 2.75) is 140 Å². The van der Waals surface area contributed by atoms with Crippen LogP contribution < -0.4 is 0 Å². The van der Waals surface area contributed by atoms with E-state index in [1.54, 1.807) is 0 Å². The summed E-state index contributed by atoms with van der Waals surface area (Å²) in [7, 11) is 4.41. The molecule has 4 heteroatoms. The first-order chi connectivity index (χ1) is 20.5. The largest absolute Gasteiger partial charge is 0.392 e. The third kappa shape index (κ3) is 14.2. The first-order valence-corrected chi connectivity index (χ1v) is 17.4. The number of nitrogens with zero attached hydrogens (tertiary/aromatic N) is 2. The van der Waals surface area contributed by atoms with Crippen molar-refractivity contribution >= 4 is 0 Å². The molecular weight excluding hydrogens is 516 g/mol. The average Bonchev–Trinajstić information content (AvgIpc) is 3.01. The number of hydrogen-bond acceptors (Lipinski definition) is 4. The summed E-state index contributed by atoms with van der Waals surface area (Å²) in [6.07, 6.45) is 20.9. The van der Waals surface area contributed by atoms with Gasteiger partial charge in [0.2, 0.25) is 0 Å². The zero-order chi connectivity index (χ0) is 29.8. The molecule has 3 rings (SSSR count). The van der Waals surface area contributed by atoms with E-state index in [1.807, 2.05) is 0 Å². The highest BCUT2D eigenvalue weighted by atomic mass is 16.3. The molecule has 0 saturated heterocycles. The van der Waals surface area contributed by atoms with E-state index in [1.165, 1.54) is 101 Å². The molecule has 1 aliphatic rings. The minimum atomic E-state index is -0.245. The van der Waals surface area contributed by atoms with E-state index in [9.17, 15) is 10.2 Å². The minimum Gasteiger partial charge on any atom is -0.392 e. The van der Waals surface area contributed by atoms with Crippen molar-refractivity contribution in [1.29, 1.82) is 0 Å². The number of likely N-dealkylation sites (N-methyl/N-ethyl adjacent to an activating group) is 2. The number of rotatable bonds is 22. The van der Waals surface area contributed by atoms with Crippen LogP contribution in [-0.2, 0) is 12.8 Å². The van der Waals surface area contributed by atoms with Gasteiger partial charge in [-0.2, -0.15) is 0 Å². The molecule has 0 amide bonds. The summed E-state index contributed by atoms with van der Waals surface area (Å²) in [6.45, 7) is 1.52. The van der Waals surface area contributed by atoms with Crippen molar-refractivity contribution in [1.82, 2.24) is 9.80 Å². The normalized spacial score (nSPS) is 18.9. The molecule has 42 heavy (non-hydrogen) atoms. The summed E-state index contributed by atoms with van der Waals surface area (Å²) >= 11 is 0. The zero-order valence-corrected chi connectivity index (χ0v) is 27.0. The van der Waals surface area contributed by atoms with E-state index in [0.717, 1.165) is 38.8 Å². The molecule has 0 aliphatic heterocycles. The SMILES string of the molecule is CN(C[C@H](O)CCCCCCCc1ccccc1)[C@H]1CCCC[C@@H]1N(C)C[C@H](O)CCCCCCCc1ccccc1. The predicted molar refractivity (Wildman–Crippen MR) is 179 cm³/mol. The lowest BCUT2D eigenvalue weighted by Crippen LogP contribution is -2.53.